The van der Waals surface area contributed by atoms with Gasteiger partial charge in [-0.25, -0.2) is 0 Å². The quantitative estimate of drug-likeness (QED) is 0.535. The number of rotatable bonds is 5. The van der Waals surface area contributed by atoms with Crippen molar-refractivity contribution in [3.05, 3.63) is 101 Å². The highest BCUT2D eigenvalue weighted by Crippen LogP contribution is 2.08. The number of nitrogens with zero attached hydrogens (tertiary/aromatic N) is 2. The summed E-state index contributed by atoms with van der Waals surface area (Å²) in [7, 11) is 0. The number of benzene rings is 2. The second-order valence-electron chi connectivity index (χ2n) is 5.57. The summed E-state index contributed by atoms with van der Waals surface area (Å²) in [6.45, 7) is 0.172. The summed E-state index contributed by atoms with van der Waals surface area (Å²) in [5, 5.41) is 8.79. The summed E-state index contributed by atoms with van der Waals surface area (Å²) in [5.74, 6) is -0.109. The first-order valence-electron chi connectivity index (χ1n) is 7.79. The van der Waals surface area contributed by atoms with E-state index in [1.165, 1.54) is 0 Å². The second kappa shape index (κ2) is 7.33. The van der Waals surface area contributed by atoms with Gasteiger partial charge in [-0.05, 0) is 24.3 Å². The summed E-state index contributed by atoms with van der Waals surface area (Å²) >= 11 is 0. The molecule has 0 saturated heterocycles. The van der Waals surface area contributed by atoms with Gasteiger partial charge >= 0.3 is 0 Å². The Labute approximate surface area is 145 Å². The van der Waals surface area contributed by atoms with E-state index in [4.69, 9.17) is 5.26 Å². The molecule has 4 heteroatoms. The van der Waals surface area contributed by atoms with Crippen LogP contribution in [0.2, 0.25) is 0 Å². The number of aromatic nitrogens is 1. The minimum atomic E-state index is -0.0587. The first-order valence-corrected chi connectivity index (χ1v) is 7.79. The predicted octanol–water partition coefficient (Wildman–Crippen LogP) is 2.96. The highest BCUT2D eigenvalue weighted by atomic mass is 16.1. The standard InChI is InChI=1S/C21H15N2O2/c22-14-16-6-8-17(9-7-16)20(24)15-23-12-10-19(11-13-23)21(25)18-4-2-1-3-5-18/h1-13H,15H2/q+1. The molecule has 2 aromatic carbocycles. The Bertz CT molecular complexity index is 938. The number of hydrogen-bond acceptors (Lipinski definition) is 3. The Morgan fingerprint density at radius 2 is 1.40 bits per heavy atom. The molecule has 0 spiro atoms. The lowest BCUT2D eigenvalue weighted by Crippen LogP contribution is -2.37. The van der Waals surface area contributed by atoms with Gasteiger partial charge in [-0.15, -0.1) is 0 Å². The van der Waals surface area contributed by atoms with Gasteiger partial charge in [0.2, 0.25) is 12.3 Å². The molecule has 25 heavy (non-hydrogen) atoms. The molecule has 120 valence electrons. The van der Waals surface area contributed by atoms with Crippen molar-refractivity contribution in [2.45, 2.75) is 6.54 Å². The maximum absolute atomic E-state index is 12.4. The van der Waals surface area contributed by atoms with Crippen molar-refractivity contribution >= 4 is 11.6 Å². The molecule has 0 bridgehead atoms. The molecule has 0 amide bonds. The molecule has 3 aromatic rings. The van der Waals surface area contributed by atoms with Crippen molar-refractivity contribution in [1.29, 1.82) is 5.26 Å². The van der Waals surface area contributed by atoms with Crippen LogP contribution in [0.15, 0.2) is 79.1 Å². The van der Waals surface area contributed by atoms with Gasteiger partial charge < -0.3 is 0 Å². The van der Waals surface area contributed by atoms with E-state index in [1.54, 1.807) is 65.5 Å². The SMILES string of the molecule is N#Cc1ccc(C(=O)C[n+]2ccc(C(=O)c3ccccc3)cc2)cc1. The van der Waals surface area contributed by atoms with Crippen LogP contribution in [0.25, 0.3) is 0 Å². The number of carbonyl (C=O) groups is 2. The van der Waals surface area contributed by atoms with Crippen molar-refractivity contribution in [1.82, 2.24) is 0 Å². The van der Waals surface area contributed by atoms with Gasteiger partial charge in [0.1, 0.15) is 0 Å². The molecule has 0 unspecified atom stereocenters. The number of carbonyl (C=O) groups excluding carboxylic acids is 2. The first-order chi connectivity index (χ1) is 12.2. The average Bonchev–Trinajstić information content (AvgIpc) is 2.68. The molecular weight excluding hydrogens is 312 g/mol. The second-order valence-corrected chi connectivity index (χ2v) is 5.57. The fourth-order valence-corrected chi connectivity index (χ4v) is 2.46. The molecule has 0 saturated carbocycles. The van der Waals surface area contributed by atoms with Crippen molar-refractivity contribution in [2.75, 3.05) is 0 Å². The first kappa shape index (κ1) is 16.3. The van der Waals surface area contributed by atoms with Gasteiger partial charge in [-0.1, -0.05) is 30.3 Å². The predicted molar refractivity (Wildman–Crippen MR) is 92.0 cm³/mol. The number of pyridine rings is 1. The lowest BCUT2D eigenvalue weighted by Gasteiger charge is -2.01. The molecule has 0 atom stereocenters. The minimum absolute atomic E-state index is 0.0498. The van der Waals surface area contributed by atoms with Crippen LogP contribution in [0.4, 0.5) is 0 Å². The Kier molecular flexibility index (Phi) is 4.77. The zero-order valence-electron chi connectivity index (χ0n) is 13.4. The fraction of sp³-hybridized carbons (Fsp3) is 0.0476. The van der Waals surface area contributed by atoms with Crippen molar-refractivity contribution in [2.24, 2.45) is 0 Å². The van der Waals surface area contributed by atoms with Crippen molar-refractivity contribution in [3.63, 3.8) is 0 Å². The topological polar surface area (TPSA) is 61.8 Å². The van der Waals surface area contributed by atoms with Gasteiger partial charge in [0.05, 0.1) is 11.6 Å². The van der Waals surface area contributed by atoms with Crippen LogP contribution in [0.5, 0.6) is 0 Å². The van der Waals surface area contributed by atoms with Gasteiger partial charge in [-0.2, -0.15) is 9.83 Å². The summed E-state index contributed by atoms with van der Waals surface area (Å²) in [6, 6.07) is 21.1. The van der Waals surface area contributed by atoms with Gasteiger partial charge in [-0.3, -0.25) is 9.59 Å². The third kappa shape index (κ3) is 3.85. The van der Waals surface area contributed by atoms with E-state index in [-0.39, 0.29) is 18.1 Å². The molecule has 1 heterocycles. The maximum Gasteiger partial charge on any atom is 0.227 e. The molecule has 0 fully saturated rings. The summed E-state index contributed by atoms with van der Waals surface area (Å²) < 4.78 is 1.72. The van der Waals surface area contributed by atoms with E-state index < -0.39 is 0 Å². The molecular formula is C21H15N2O2+. The Morgan fingerprint density at radius 1 is 0.800 bits per heavy atom. The van der Waals surface area contributed by atoms with Gasteiger partial charge in [0, 0.05) is 28.8 Å². The molecule has 0 aliphatic carbocycles. The largest absolute Gasteiger partial charge is 0.289 e. The van der Waals surface area contributed by atoms with Crippen LogP contribution in [-0.4, -0.2) is 11.6 Å². The Balaban J connectivity index is 1.71. The number of ketones is 2. The van der Waals surface area contributed by atoms with Crippen LogP contribution in [0, 0.1) is 11.3 Å². The lowest BCUT2D eigenvalue weighted by atomic mass is 10.0. The zero-order chi connectivity index (χ0) is 17.6. The zero-order valence-corrected chi connectivity index (χ0v) is 13.4. The van der Waals surface area contributed by atoms with Gasteiger partial charge in [0.15, 0.2) is 18.2 Å². The maximum atomic E-state index is 12.4. The van der Waals surface area contributed by atoms with E-state index in [0.717, 1.165) is 0 Å². The summed E-state index contributed by atoms with van der Waals surface area (Å²) in [5.41, 5.74) is 2.28. The highest BCUT2D eigenvalue weighted by molar-refractivity contribution is 6.08. The average molecular weight is 327 g/mol. The van der Waals surface area contributed by atoms with E-state index in [1.807, 2.05) is 24.3 Å². The number of hydrogen-bond donors (Lipinski definition) is 0. The van der Waals surface area contributed by atoms with E-state index in [0.29, 0.717) is 22.3 Å². The van der Waals surface area contributed by atoms with Crippen LogP contribution in [-0.2, 0) is 6.54 Å². The monoisotopic (exact) mass is 327 g/mol. The van der Waals surface area contributed by atoms with Crippen LogP contribution < -0.4 is 4.57 Å². The molecule has 0 aliphatic rings. The molecule has 4 nitrogen and oxygen atoms in total. The van der Waals surface area contributed by atoms with E-state index in [9.17, 15) is 9.59 Å². The minimum Gasteiger partial charge on any atom is -0.289 e. The van der Waals surface area contributed by atoms with E-state index in [2.05, 4.69) is 0 Å². The number of nitriles is 1. The third-order valence-electron chi connectivity index (χ3n) is 3.85. The van der Waals surface area contributed by atoms with Crippen molar-refractivity contribution < 1.29 is 14.2 Å². The van der Waals surface area contributed by atoms with Gasteiger partial charge in [0.25, 0.3) is 0 Å². The molecule has 0 aliphatic heterocycles. The summed E-state index contributed by atoms with van der Waals surface area (Å²) in [4.78, 5) is 24.6. The third-order valence-corrected chi connectivity index (χ3v) is 3.85. The molecule has 1 aromatic heterocycles. The number of Topliss-reactive ketones (excluding diaryl/α,β-unsaturated/α-hetero) is 1. The summed E-state index contributed by atoms with van der Waals surface area (Å²) in [6.07, 6.45) is 3.44. The Morgan fingerprint density at radius 3 is 2.00 bits per heavy atom. The van der Waals surface area contributed by atoms with E-state index >= 15 is 0 Å². The van der Waals surface area contributed by atoms with Crippen LogP contribution in [0.3, 0.4) is 0 Å². The van der Waals surface area contributed by atoms with Crippen LogP contribution >= 0.6 is 0 Å². The normalized spacial score (nSPS) is 10.0. The smallest absolute Gasteiger partial charge is 0.227 e. The molecule has 0 N–H and O–H groups in total. The fourth-order valence-electron chi connectivity index (χ4n) is 2.46. The van der Waals surface area contributed by atoms with Crippen LogP contribution in [0.1, 0.15) is 31.8 Å². The van der Waals surface area contributed by atoms with Crippen molar-refractivity contribution in [3.8, 4) is 6.07 Å². The lowest BCUT2D eigenvalue weighted by molar-refractivity contribution is -0.683. The molecule has 0 radical (unpaired) electrons. The highest BCUT2D eigenvalue weighted by Gasteiger charge is 2.14. The molecule has 3 rings (SSSR count). The Hall–Kier alpha value is -3.58.